The number of piperazine rings is 1. The second kappa shape index (κ2) is 4.87. The lowest BCUT2D eigenvalue weighted by Crippen LogP contribution is -2.58. The summed E-state index contributed by atoms with van der Waals surface area (Å²) in [6, 6.07) is 1.68. The number of rotatable bonds is 5. The molecule has 0 aromatic rings. The van der Waals surface area contributed by atoms with Gasteiger partial charge in [0.1, 0.15) is 0 Å². The smallest absolute Gasteiger partial charge is 0.0249 e. The van der Waals surface area contributed by atoms with Crippen molar-refractivity contribution in [3.05, 3.63) is 0 Å². The Morgan fingerprint density at radius 1 is 1.19 bits per heavy atom. The quantitative estimate of drug-likeness (QED) is 0.789. The van der Waals surface area contributed by atoms with Crippen LogP contribution < -0.4 is 5.32 Å². The lowest BCUT2D eigenvalue weighted by molar-refractivity contribution is 0.115. The van der Waals surface area contributed by atoms with Crippen molar-refractivity contribution in [3.8, 4) is 0 Å². The summed E-state index contributed by atoms with van der Waals surface area (Å²) in [5.74, 6) is 3.34. The summed E-state index contributed by atoms with van der Waals surface area (Å²) >= 11 is 1.99. The van der Waals surface area contributed by atoms with Gasteiger partial charge < -0.3 is 5.32 Å². The van der Waals surface area contributed by atoms with Crippen molar-refractivity contribution in [1.29, 1.82) is 0 Å². The third kappa shape index (κ3) is 2.57. The number of thioether (sulfide) groups is 1. The summed E-state index contributed by atoms with van der Waals surface area (Å²) in [6.45, 7) is 3.90. The molecule has 16 heavy (non-hydrogen) atoms. The molecular weight excluding hydrogens is 216 g/mol. The van der Waals surface area contributed by atoms with Gasteiger partial charge in [0, 0.05) is 37.5 Å². The van der Waals surface area contributed by atoms with E-state index in [-0.39, 0.29) is 0 Å². The summed E-state index contributed by atoms with van der Waals surface area (Å²) in [5.41, 5.74) is 0. The summed E-state index contributed by atoms with van der Waals surface area (Å²) in [7, 11) is 0. The molecule has 0 radical (unpaired) electrons. The first-order valence-corrected chi connectivity index (χ1v) is 8.24. The zero-order chi connectivity index (χ0) is 11.0. The van der Waals surface area contributed by atoms with Crippen molar-refractivity contribution >= 4 is 11.8 Å². The van der Waals surface area contributed by atoms with Crippen LogP contribution >= 0.6 is 11.8 Å². The van der Waals surface area contributed by atoms with Crippen molar-refractivity contribution in [2.24, 2.45) is 11.8 Å². The van der Waals surface area contributed by atoms with Gasteiger partial charge in [0.05, 0.1) is 0 Å². The van der Waals surface area contributed by atoms with Gasteiger partial charge in [-0.1, -0.05) is 0 Å². The first kappa shape index (κ1) is 11.4. The minimum atomic E-state index is 0.817. The normalized spacial score (nSPS) is 36.6. The summed E-state index contributed by atoms with van der Waals surface area (Å²) in [6.07, 6.45) is 8.14. The molecule has 3 heteroatoms. The largest absolute Gasteiger partial charge is 0.311 e. The molecular formula is C13H24N2S. The molecule has 0 amide bonds. The fourth-order valence-corrected chi connectivity index (χ4v) is 3.50. The van der Waals surface area contributed by atoms with Gasteiger partial charge >= 0.3 is 0 Å². The average Bonchev–Trinajstić information content (AvgIpc) is 3.19. The Morgan fingerprint density at radius 2 is 1.94 bits per heavy atom. The van der Waals surface area contributed by atoms with Gasteiger partial charge in [-0.3, -0.25) is 4.90 Å². The van der Waals surface area contributed by atoms with Gasteiger partial charge in [0.25, 0.3) is 0 Å². The highest BCUT2D eigenvalue weighted by Crippen LogP contribution is 2.39. The van der Waals surface area contributed by atoms with Gasteiger partial charge in [-0.25, -0.2) is 0 Å². The Morgan fingerprint density at radius 3 is 2.56 bits per heavy atom. The Kier molecular flexibility index (Phi) is 3.46. The van der Waals surface area contributed by atoms with E-state index in [9.17, 15) is 0 Å². The zero-order valence-corrected chi connectivity index (χ0v) is 11.1. The van der Waals surface area contributed by atoms with Crippen LogP contribution in [-0.4, -0.2) is 48.6 Å². The van der Waals surface area contributed by atoms with Gasteiger partial charge in [-0.2, -0.15) is 11.8 Å². The third-order valence-electron chi connectivity index (χ3n) is 4.43. The van der Waals surface area contributed by atoms with Gasteiger partial charge in [0.15, 0.2) is 0 Å². The third-order valence-corrected chi connectivity index (χ3v) is 5.02. The molecule has 2 atom stereocenters. The first-order valence-electron chi connectivity index (χ1n) is 6.85. The van der Waals surface area contributed by atoms with E-state index >= 15 is 0 Å². The van der Waals surface area contributed by atoms with E-state index < -0.39 is 0 Å². The molecule has 1 saturated heterocycles. The number of nitrogens with one attached hydrogen (secondary N) is 1. The standard InChI is InChI=1S/C13H24N2S/c1-16-7-6-15-9-12(10-2-3-10)14-8-13(15)11-4-5-11/h10-14H,2-9H2,1H3. The molecule has 0 bridgehead atoms. The van der Waals surface area contributed by atoms with E-state index in [0.29, 0.717) is 0 Å². The second-order valence-corrected chi connectivity index (χ2v) is 6.73. The maximum atomic E-state index is 3.81. The molecule has 2 saturated carbocycles. The molecule has 1 N–H and O–H groups in total. The Labute approximate surface area is 104 Å². The van der Waals surface area contributed by atoms with Crippen LogP contribution in [0.1, 0.15) is 25.7 Å². The summed E-state index contributed by atoms with van der Waals surface area (Å²) in [4.78, 5) is 2.80. The SMILES string of the molecule is CSCCN1CC(C2CC2)NCC1C1CC1. The maximum Gasteiger partial charge on any atom is 0.0249 e. The van der Waals surface area contributed by atoms with E-state index in [4.69, 9.17) is 0 Å². The Hall–Kier alpha value is 0.270. The molecule has 3 fully saturated rings. The number of nitrogens with zero attached hydrogens (tertiary/aromatic N) is 1. The van der Waals surface area contributed by atoms with Crippen LogP contribution in [0.25, 0.3) is 0 Å². The highest BCUT2D eigenvalue weighted by Gasteiger charge is 2.42. The van der Waals surface area contributed by atoms with Crippen LogP contribution in [0.2, 0.25) is 0 Å². The van der Waals surface area contributed by atoms with Crippen LogP contribution in [0.5, 0.6) is 0 Å². The van der Waals surface area contributed by atoms with E-state index in [1.54, 1.807) is 0 Å². The molecule has 2 aliphatic carbocycles. The molecule has 3 aliphatic rings. The van der Waals surface area contributed by atoms with Crippen molar-refractivity contribution in [2.75, 3.05) is 31.6 Å². The molecule has 0 aromatic heterocycles. The van der Waals surface area contributed by atoms with Crippen LogP contribution in [0.15, 0.2) is 0 Å². The predicted molar refractivity (Wildman–Crippen MR) is 71.0 cm³/mol. The van der Waals surface area contributed by atoms with E-state index in [1.165, 1.54) is 51.1 Å². The van der Waals surface area contributed by atoms with Crippen LogP contribution in [-0.2, 0) is 0 Å². The molecule has 0 aromatic carbocycles. The summed E-state index contributed by atoms with van der Waals surface area (Å²) in [5, 5.41) is 3.81. The summed E-state index contributed by atoms with van der Waals surface area (Å²) < 4.78 is 0. The molecule has 3 rings (SSSR count). The molecule has 2 nitrogen and oxygen atoms in total. The van der Waals surface area contributed by atoms with E-state index in [1.807, 2.05) is 11.8 Å². The molecule has 1 aliphatic heterocycles. The highest BCUT2D eigenvalue weighted by molar-refractivity contribution is 7.98. The van der Waals surface area contributed by atoms with Gasteiger partial charge in [0.2, 0.25) is 0 Å². The average molecular weight is 240 g/mol. The van der Waals surface area contributed by atoms with Gasteiger partial charge in [-0.05, 0) is 43.8 Å². The fourth-order valence-electron chi connectivity index (χ4n) is 3.08. The number of hydrogen-bond acceptors (Lipinski definition) is 3. The predicted octanol–water partition coefficient (Wildman–Crippen LogP) is 1.81. The van der Waals surface area contributed by atoms with Crippen LogP contribution in [0.3, 0.4) is 0 Å². The lowest BCUT2D eigenvalue weighted by Gasteiger charge is -2.41. The number of hydrogen-bond donors (Lipinski definition) is 1. The lowest BCUT2D eigenvalue weighted by atomic mass is 10.0. The molecule has 92 valence electrons. The monoisotopic (exact) mass is 240 g/mol. The topological polar surface area (TPSA) is 15.3 Å². The van der Waals surface area contributed by atoms with Crippen molar-refractivity contribution in [2.45, 2.75) is 37.8 Å². The van der Waals surface area contributed by atoms with Crippen molar-refractivity contribution in [1.82, 2.24) is 10.2 Å². The minimum Gasteiger partial charge on any atom is -0.311 e. The van der Waals surface area contributed by atoms with Crippen LogP contribution in [0, 0.1) is 11.8 Å². The minimum absolute atomic E-state index is 0.817. The molecule has 0 spiro atoms. The highest BCUT2D eigenvalue weighted by atomic mass is 32.2. The van der Waals surface area contributed by atoms with E-state index in [0.717, 1.165) is 23.9 Å². The first-order chi connectivity index (χ1) is 7.88. The van der Waals surface area contributed by atoms with Crippen molar-refractivity contribution < 1.29 is 0 Å². The molecule has 2 unspecified atom stereocenters. The Balaban J connectivity index is 1.57. The Bertz CT molecular complexity index is 238. The van der Waals surface area contributed by atoms with Crippen molar-refractivity contribution in [3.63, 3.8) is 0 Å². The van der Waals surface area contributed by atoms with Crippen LogP contribution in [0.4, 0.5) is 0 Å². The zero-order valence-electron chi connectivity index (χ0n) is 10.3. The fraction of sp³-hybridized carbons (Fsp3) is 1.00. The van der Waals surface area contributed by atoms with E-state index in [2.05, 4.69) is 16.5 Å². The van der Waals surface area contributed by atoms with Gasteiger partial charge in [-0.15, -0.1) is 0 Å². The molecule has 1 heterocycles. The second-order valence-electron chi connectivity index (χ2n) is 5.74. The maximum absolute atomic E-state index is 3.81.